The van der Waals surface area contributed by atoms with E-state index in [0.29, 0.717) is 11.0 Å². The minimum atomic E-state index is -0.550. The number of carbonyl (C=O) groups is 1. The first-order valence-electron chi connectivity index (χ1n) is 8.14. The van der Waals surface area contributed by atoms with E-state index in [1.54, 1.807) is 24.3 Å². The van der Waals surface area contributed by atoms with Gasteiger partial charge in [0.25, 0.3) is 5.91 Å². The highest BCUT2D eigenvalue weighted by molar-refractivity contribution is 5.93. The van der Waals surface area contributed by atoms with Gasteiger partial charge in [-0.1, -0.05) is 31.4 Å². The highest BCUT2D eigenvalue weighted by Crippen LogP contribution is 2.26. The van der Waals surface area contributed by atoms with Crippen LogP contribution in [-0.2, 0) is 0 Å². The summed E-state index contributed by atoms with van der Waals surface area (Å²) in [6.07, 6.45) is 4.94. The van der Waals surface area contributed by atoms with Crippen molar-refractivity contribution in [3.8, 4) is 0 Å². The molecule has 5 nitrogen and oxygen atoms in total. The molecule has 0 spiro atoms. The van der Waals surface area contributed by atoms with E-state index in [1.165, 1.54) is 12.5 Å². The Morgan fingerprint density at radius 1 is 1.26 bits per heavy atom. The third kappa shape index (κ3) is 3.62. The molecule has 1 aliphatic rings. The molecule has 1 atom stereocenters. The molecule has 23 heavy (non-hydrogen) atoms. The molecule has 1 aromatic carbocycles. The molecule has 0 radical (unpaired) electrons. The van der Waals surface area contributed by atoms with Crippen molar-refractivity contribution < 1.29 is 14.3 Å². The standard InChI is InChI=1S/C18H21NO4/c20-14-10-17(23-16-9-5-4-8-13(14)16)18(22)19-11-15(21)12-6-2-1-3-7-12/h4-5,8-10,12,15,21H,1-3,6-7,11H2,(H,19,22). The van der Waals surface area contributed by atoms with Gasteiger partial charge in [0.15, 0.2) is 11.2 Å². The normalized spacial score (nSPS) is 17.1. The van der Waals surface area contributed by atoms with Crippen molar-refractivity contribution in [3.63, 3.8) is 0 Å². The van der Waals surface area contributed by atoms with E-state index in [1.807, 2.05) is 0 Å². The lowest BCUT2D eigenvalue weighted by Crippen LogP contribution is -2.37. The average Bonchev–Trinajstić information content (AvgIpc) is 2.60. The first-order chi connectivity index (χ1) is 11.1. The molecular formula is C18H21NO4. The number of aliphatic hydroxyl groups excluding tert-OH is 1. The topological polar surface area (TPSA) is 79.5 Å². The van der Waals surface area contributed by atoms with E-state index in [9.17, 15) is 14.7 Å². The van der Waals surface area contributed by atoms with Crippen LogP contribution in [0.2, 0.25) is 0 Å². The highest BCUT2D eigenvalue weighted by Gasteiger charge is 2.22. The Morgan fingerprint density at radius 2 is 2.00 bits per heavy atom. The van der Waals surface area contributed by atoms with Crippen molar-refractivity contribution in [2.45, 2.75) is 38.2 Å². The van der Waals surface area contributed by atoms with Crippen LogP contribution in [0.25, 0.3) is 11.0 Å². The van der Waals surface area contributed by atoms with Crippen molar-refractivity contribution in [1.29, 1.82) is 0 Å². The van der Waals surface area contributed by atoms with Gasteiger partial charge in [0.05, 0.1) is 11.5 Å². The fourth-order valence-electron chi connectivity index (χ4n) is 3.19. The predicted molar refractivity (Wildman–Crippen MR) is 87.4 cm³/mol. The summed E-state index contributed by atoms with van der Waals surface area (Å²) in [5, 5.41) is 13.3. The molecule has 2 N–H and O–H groups in total. The van der Waals surface area contributed by atoms with Gasteiger partial charge in [-0.3, -0.25) is 9.59 Å². The summed E-state index contributed by atoms with van der Waals surface area (Å²) in [5.74, 6) is -0.250. The zero-order chi connectivity index (χ0) is 16.2. The number of rotatable bonds is 4. The summed E-state index contributed by atoms with van der Waals surface area (Å²) in [6, 6.07) is 8.02. The number of fused-ring (bicyclic) bond motifs is 1. The van der Waals surface area contributed by atoms with Crippen molar-refractivity contribution in [1.82, 2.24) is 5.32 Å². The summed E-state index contributed by atoms with van der Waals surface area (Å²) in [6.45, 7) is 0.181. The molecule has 5 heteroatoms. The molecule has 122 valence electrons. The van der Waals surface area contributed by atoms with Gasteiger partial charge in [-0.15, -0.1) is 0 Å². The van der Waals surface area contributed by atoms with E-state index in [4.69, 9.17) is 4.42 Å². The molecule has 0 saturated heterocycles. The Hall–Kier alpha value is -2.14. The molecule has 3 rings (SSSR count). The van der Waals surface area contributed by atoms with Crippen molar-refractivity contribution in [2.75, 3.05) is 6.54 Å². The molecule has 1 amide bonds. The number of aliphatic hydroxyl groups is 1. The number of hydrogen-bond donors (Lipinski definition) is 2. The summed E-state index contributed by atoms with van der Waals surface area (Å²) in [5.41, 5.74) is 0.141. The van der Waals surface area contributed by atoms with Crippen LogP contribution in [0.5, 0.6) is 0 Å². The van der Waals surface area contributed by atoms with Crippen LogP contribution in [0.15, 0.2) is 39.5 Å². The van der Waals surface area contributed by atoms with Crippen LogP contribution >= 0.6 is 0 Å². The number of carbonyl (C=O) groups excluding carboxylic acids is 1. The molecule has 1 saturated carbocycles. The molecule has 0 aliphatic heterocycles. The monoisotopic (exact) mass is 315 g/mol. The SMILES string of the molecule is O=C(NCC(O)C1CCCCC1)c1cc(=O)c2ccccc2o1. The van der Waals surface area contributed by atoms with Gasteiger partial charge in [-0.25, -0.2) is 0 Å². The van der Waals surface area contributed by atoms with Crippen LogP contribution in [0, 0.1) is 5.92 Å². The van der Waals surface area contributed by atoms with Crippen molar-refractivity contribution in [2.24, 2.45) is 5.92 Å². The zero-order valence-corrected chi connectivity index (χ0v) is 13.0. The van der Waals surface area contributed by atoms with Gasteiger partial charge in [-0.2, -0.15) is 0 Å². The molecule has 1 aliphatic carbocycles. The smallest absolute Gasteiger partial charge is 0.287 e. The molecular weight excluding hydrogens is 294 g/mol. The largest absolute Gasteiger partial charge is 0.451 e. The first kappa shape index (κ1) is 15.7. The number of amides is 1. The third-order valence-corrected chi connectivity index (χ3v) is 4.52. The maximum atomic E-state index is 12.2. The second kappa shape index (κ2) is 6.96. The van der Waals surface area contributed by atoms with Crippen LogP contribution in [0.3, 0.4) is 0 Å². The van der Waals surface area contributed by atoms with Gasteiger partial charge in [-0.05, 0) is 30.9 Å². The van der Waals surface area contributed by atoms with Crippen LogP contribution in [-0.4, -0.2) is 23.7 Å². The Bertz CT molecular complexity index is 746. The Balaban J connectivity index is 1.67. The predicted octanol–water partition coefficient (Wildman–Crippen LogP) is 2.46. The fraction of sp³-hybridized carbons (Fsp3) is 0.444. The second-order valence-corrected chi connectivity index (χ2v) is 6.15. The Kier molecular flexibility index (Phi) is 4.76. The van der Waals surface area contributed by atoms with E-state index < -0.39 is 12.0 Å². The third-order valence-electron chi connectivity index (χ3n) is 4.52. The molecule has 2 aromatic rings. The van der Waals surface area contributed by atoms with E-state index in [-0.39, 0.29) is 23.7 Å². The van der Waals surface area contributed by atoms with E-state index in [0.717, 1.165) is 25.7 Å². The number of benzene rings is 1. The van der Waals surface area contributed by atoms with Crippen LogP contribution in [0.4, 0.5) is 0 Å². The van der Waals surface area contributed by atoms with E-state index in [2.05, 4.69) is 5.32 Å². The fourth-order valence-corrected chi connectivity index (χ4v) is 3.19. The number of nitrogens with one attached hydrogen (secondary N) is 1. The van der Waals surface area contributed by atoms with Crippen LogP contribution < -0.4 is 10.7 Å². The van der Waals surface area contributed by atoms with Crippen molar-refractivity contribution in [3.05, 3.63) is 46.3 Å². The van der Waals surface area contributed by atoms with Crippen LogP contribution in [0.1, 0.15) is 42.7 Å². The van der Waals surface area contributed by atoms with Gasteiger partial charge in [0.1, 0.15) is 5.58 Å². The average molecular weight is 315 g/mol. The minimum absolute atomic E-state index is 0.0236. The summed E-state index contributed by atoms with van der Waals surface area (Å²) in [4.78, 5) is 24.2. The van der Waals surface area contributed by atoms with E-state index >= 15 is 0 Å². The lowest BCUT2D eigenvalue weighted by Gasteiger charge is -2.26. The lowest BCUT2D eigenvalue weighted by molar-refractivity contribution is 0.0724. The van der Waals surface area contributed by atoms with Gasteiger partial charge in [0.2, 0.25) is 0 Å². The summed E-state index contributed by atoms with van der Waals surface area (Å²) in [7, 11) is 0. The van der Waals surface area contributed by atoms with Gasteiger partial charge < -0.3 is 14.8 Å². The number of hydrogen-bond acceptors (Lipinski definition) is 4. The lowest BCUT2D eigenvalue weighted by atomic mass is 9.85. The maximum Gasteiger partial charge on any atom is 0.287 e. The van der Waals surface area contributed by atoms with Crippen molar-refractivity contribution >= 4 is 16.9 Å². The van der Waals surface area contributed by atoms with Gasteiger partial charge >= 0.3 is 0 Å². The quantitative estimate of drug-likeness (QED) is 0.908. The first-order valence-corrected chi connectivity index (χ1v) is 8.14. The summed E-state index contributed by atoms with van der Waals surface area (Å²) < 4.78 is 5.49. The molecule has 0 bridgehead atoms. The number of para-hydroxylation sites is 1. The molecule has 1 aromatic heterocycles. The second-order valence-electron chi connectivity index (χ2n) is 6.15. The van der Waals surface area contributed by atoms with Gasteiger partial charge in [0, 0.05) is 12.6 Å². The Morgan fingerprint density at radius 3 is 2.78 bits per heavy atom. The Labute approximate surface area is 134 Å². The molecule has 1 fully saturated rings. The summed E-state index contributed by atoms with van der Waals surface area (Å²) >= 11 is 0. The molecule has 1 heterocycles. The highest BCUT2D eigenvalue weighted by atomic mass is 16.3. The maximum absolute atomic E-state index is 12.2. The minimum Gasteiger partial charge on any atom is -0.451 e. The zero-order valence-electron chi connectivity index (χ0n) is 13.0. The molecule has 1 unspecified atom stereocenters.